The minimum Gasteiger partial charge on any atom is -0.459 e. The van der Waals surface area contributed by atoms with Crippen molar-refractivity contribution >= 4 is 5.97 Å². The molecule has 6 nitrogen and oxygen atoms in total. The topological polar surface area (TPSA) is 68.7 Å². The lowest BCUT2D eigenvalue weighted by Gasteiger charge is -2.22. The summed E-state index contributed by atoms with van der Waals surface area (Å²) in [7, 11) is 0. The van der Waals surface area contributed by atoms with Crippen molar-refractivity contribution < 1.29 is 14.3 Å². The number of epoxide rings is 1. The quantitative estimate of drug-likeness (QED) is 0.359. The minimum atomic E-state index is -0.121. The lowest BCUT2D eigenvalue weighted by atomic mass is 9.80. The average Bonchev–Trinajstić information content (AvgIpc) is 2.98. The van der Waals surface area contributed by atoms with Crippen LogP contribution in [-0.4, -0.2) is 46.4 Å². The second kappa shape index (κ2) is 7.76. The highest BCUT2D eigenvalue weighted by atomic mass is 16.6. The first-order valence-electron chi connectivity index (χ1n) is 10.3. The molecule has 1 N–H and O–H groups in total. The first kappa shape index (κ1) is 18.7. The van der Waals surface area contributed by atoms with E-state index in [0.717, 1.165) is 45.2 Å². The number of hydrogen-bond donors (Lipinski definition) is 1. The van der Waals surface area contributed by atoms with Crippen molar-refractivity contribution in [1.29, 1.82) is 0 Å². The van der Waals surface area contributed by atoms with Crippen LogP contribution in [0.15, 0.2) is 30.4 Å². The van der Waals surface area contributed by atoms with Gasteiger partial charge in [-0.2, -0.15) is 0 Å². The van der Waals surface area contributed by atoms with Gasteiger partial charge in [-0.1, -0.05) is 11.6 Å². The van der Waals surface area contributed by atoms with E-state index >= 15 is 0 Å². The molecule has 1 aliphatic carbocycles. The lowest BCUT2D eigenvalue weighted by Crippen LogP contribution is -2.34. The summed E-state index contributed by atoms with van der Waals surface area (Å²) in [5.41, 5.74) is 1.30. The minimum absolute atomic E-state index is 0.0501. The Kier molecular flexibility index (Phi) is 5.37. The first-order valence-corrected chi connectivity index (χ1v) is 10.3. The zero-order chi connectivity index (χ0) is 18.9. The Morgan fingerprint density at radius 3 is 3.15 bits per heavy atom. The Morgan fingerprint density at radius 2 is 2.33 bits per heavy atom. The predicted molar refractivity (Wildman–Crippen MR) is 102 cm³/mol. The summed E-state index contributed by atoms with van der Waals surface area (Å²) in [5.74, 6) is 0.127. The van der Waals surface area contributed by atoms with E-state index in [4.69, 9.17) is 9.47 Å². The summed E-state index contributed by atoms with van der Waals surface area (Å²) in [6.07, 6.45) is 13.0. The molecular weight excluding hydrogens is 342 g/mol. The maximum atomic E-state index is 12.6. The van der Waals surface area contributed by atoms with Crippen molar-refractivity contribution in [3.05, 3.63) is 30.4 Å². The normalized spacial score (nSPS) is 35.8. The van der Waals surface area contributed by atoms with Crippen LogP contribution >= 0.6 is 0 Å². The molecule has 1 aromatic rings. The molecule has 0 spiro atoms. The van der Waals surface area contributed by atoms with Crippen molar-refractivity contribution in [2.24, 2.45) is 11.8 Å². The molecule has 1 aromatic heterocycles. The number of imidazole rings is 1. The van der Waals surface area contributed by atoms with Gasteiger partial charge in [0.05, 0.1) is 17.8 Å². The van der Waals surface area contributed by atoms with Crippen molar-refractivity contribution in [3.63, 3.8) is 0 Å². The largest absolute Gasteiger partial charge is 0.459 e. The number of ether oxygens (including phenoxy) is 2. The van der Waals surface area contributed by atoms with Crippen molar-refractivity contribution in [2.75, 3.05) is 13.1 Å². The molecule has 2 aliphatic heterocycles. The standard InChI is InChI=1S/C21H31N3O3/c1-15-5-3-8-21(2)19(27-21)18-16(7-6-15)17(20(25)26-18)13-22-9-4-11-24-12-10-23-14-24/h5,10,12,14,16-19,22H,3-4,6-9,11,13H2,1-2H3/t16-,17-,18-,19+,21+/m0/s1. The number of carbonyl (C=O) groups excluding carboxylic acids is 1. The zero-order valence-corrected chi connectivity index (χ0v) is 16.4. The van der Waals surface area contributed by atoms with Crippen molar-refractivity contribution in [1.82, 2.24) is 14.9 Å². The van der Waals surface area contributed by atoms with Crippen LogP contribution in [0.1, 0.15) is 46.0 Å². The van der Waals surface area contributed by atoms with E-state index in [1.807, 2.05) is 12.5 Å². The summed E-state index contributed by atoms with van der Waals surface area (Å²) in [6, 6.07) is 0. The highest BCUT2D eigenvalue weighted by molar-refractivity contribution is 5.75. The monoisotopic (exact) mass is 373 g/mol. The maximum absolute atomic E-state index is 12.6. The fourth-order valence-corrected chi connectivity index (χ4v) is 4.64. The van der Waals surface area contributed by atoms with Crippen LogP contribution in [0.25, 0.3) is 0 Å². The van der Waals surface area contributed by atoms with E-state index in [2.05, 4.69) is 34.8 Å². The lowest BCUT2D eigenvalue weighted by molar-refractivity contribution is -0.144. The summed E-state index contributed by atoms with van der Waals surface area (Å²) in [5, 5.41) is 3.48. The summed E-state index contributed by atoms with van der Waals surface area (Å²) < 4.78 is 13.9. The molecule has 4 rings (SSSR count). The number of allylic oxidation sites excluding steroid dienone is 2. The average molecular weight is 373 g/mol. The number of carbonyl (C=O) groups is 1. The predicted octanol–water partition coefficient (Wildman–Crippen LogP) is 2.70. The molecule has 0 bridgehead atoms. The third-order valence-electron chi connectivity index (χ3n) is 6.43. The van der Waals surface area contributed by atoms with E-state index in [1.165, 1.54) is 5.57 Å². The second-order valence-electron chi connectivity index (χ2n) is 8.51. The molecule has 27 heavy (non-hydrogen) atoms. The number of nitrogens with one attached hydrogen (secondary N) is 1. The van der Waals surface area contributed by atoms with Crippen LogP contribution in [0, 0.1) is 11.8 Å². The molecule has 0 radical (unpaired) electrons. The maximum Gasteiger partial charge on any atom is 0.311 e. The molecule has 2 fully saturated rings. The van der Waals surface area contributed by atoms with Crippen LogP contribution in [0.2, 0.25) is 0 Å². The number of hydrogen-bond acceptors (Lipinski definition) is 5. The van der Waals surface area contributed by atoms with Crippen molar-refractivity contribution in [2.45, 2.75) is 70.3 Å². The van der Waals surface area contributed by atoms with Gasteiger partial charge in [0.2, 0.25) is 0 Å². The number of aryl methyl sites for hydroxylation is 1. The summed E-state index contributed by atoms with van der Waals surface area (Å²) in [4.78, 5) is 16.7. The number of nitrogens with zero attached hydrogens (tertiary/aromatic N) is 2. The molecule has 0 amide bonds. The molecule has 3 heterocycles. The molecule has 6 heteroatoms. The molecular formula is C21H31N3O3. The van der Waals surface area contributed by atoms with Gasteiger partial charge in [-0.05, 0) is 52.5 Å². The number of rotatable bonds is 6. The van der Waals surface area contributed by atoms with Gasteiger partial charge in [-0.25, -0.2) is 4.98 Å². The van der Waals surface area contributed by atoms with E-state index in [1.54, 1.807) is 6.20 Å². The summed E-state index contributed by atoms with van der Waals surface area (Å²) >= 11 is 0. The number of fused-ring (bicyclic) bond motifs is 3. The van der Waals surface area contributed by atoms with Gasteiger partial charge in [0.25, 0.3) is 0 Å². The van der Waals surface area contributed by atoms with Crippen molar-refractivity contribution in [3.8, 4) is 0 Å². The van der Waals surface area contributed by atoms with Crippen LogP contribution in [0.3, 0.4) is 0 Å². The highest BCUT2D eigenvalue weighted by Gasteiger charge is 2.62. The Balaban J connectivity index is 1.34. The smallest absolute Gasteiger partial charge is 0.311 e. The Labute approximate surface area is 161 Å². The zero-order valence-electron chi connectivity index (χ0n) is 16.4. The fourth-order valence-electron chi connectivity index (χ4n) is 4.64. The first-order chi connectivity index (χ1) is 13.1. The molecule has 2 saturated heterocycles. The number of esters is 1. The van der Waals surface area contributed by atoms with Crippen LogP contribution in [-0.2, 0) is 20.8 Å². The molecule has 0 unspecified atom stereocenters. The highest BCUT2D eigenvalue weighted by Crippen LogP contribution is 2.50. The van der Waals surface area contributed by atoms with Gasteiger partial charge in [0.15, 0.2) is 0 Å². The SMILES string of the molecule is CC1=CCC[C@@]2(C)O[C@@H]2[C@H]2OC(=O)[C@@H](CNCCCn3ccnc3)[C@@H]2CC1. The van der Waals surface area contributed by atoms with Gasteiger partial charge in [-0.3, -0.25) is 4.79 Å². The van der Waals surface area contributed by atoms with Gasteiger partial charge in [0, 0.05) is 31.4 Å². The van der Waals surface area contributed by atoms with E-state index < -0.39 is 0 Å². The molecule has 0 saturated carbocycles. The van der Waals surface area contributed by atoms with Gasteiger partial charge in [-0.15, -0.1) is 0 Å². The molecule has 148 valence electrons. The fraction of sp³-hybridized carbons (Fsp3) is 0.714. The van der Waals surface area contributed by atoms with Gasteiger partial charge >= 0.3 is 5.97 Å². The Bertz CT molecular complexity index is 687. The Morgan fingerprint density at radius 1 is 1.44 bits per heavy atom. The van der Waals surface area contributed by atoms with Crippen LogP contribution < -0.4 is 5.32 Å². The molecule has 0 aromatic carbocycles. The van der Waals surface area contributed by atoms with Crippen LogP contribution in [0.4, 0.5) is 0 Å². The second-order valence-corrected chi connectivity index (χ2v) is 8.51. The third kappa shape index (κ3) is 4.11. The Hall–Kier alpha value is -1.66. The van der Waals surface area contributed by atoms with Gasteiger partial charge in [0.1, 0.15) is 12.2 Å². The van der Waals surface area contributed by atoms with E-state index in [9.17, 15) is 4.79 Å². The summed E-state index contributed by atoms with van der Waals surface area (Å²) in [6.45, 7) is 6.87. The third-order valence-corrected chi connectivity index (χ3v) is 6.43. The van der Waals surface area contributed by atoms with E-state index in [-0.39, 0.29) is 35.6 Å². The molecule has 5 atom stereocenters. The van der Waals surface area contributed by atoms with Crippen LogP contribution in [0.5, 0.6) is 0 Å². The van der Waals surface area contributed by atoms with Gasteiger partial charge < -0.3 is 19.4 Å². The van der Waals surface area contributed by atoms with E-state index in [0.29, 0.717) is 6.54 Å². The number of aromatic nitrogens is 2. The molecule has 3 aliphatic rings.